The fraction of sp³-hybridized carbons (Fsp3) is 0.895. The molecule has 0 radical (unpaired) electrons. The van der Waals surface area contributed by atoms with Gasteiger partial charge in [-0.3, -0.25) is 9.59 Å². The van der Waals surface area contributed by atoms with Gasteiger partial charge < -0.3 is 9.47 Å². The maximum absolute atomic E-state index is 12.5. The predicted molar refractivity (Wildman–Crippen MR) is 106 cm³/mol. The Morgan fingerprint density at radius 1 is 1.07 bits per heavy atom. The monoisotopic (exact) mass is 407 g/mol. The van der Waals surface area contributed by atoms with E-state index in [9.17, 15) is 18.0 Å². The summed E-state index contributed by atoms with van der Waals surface area (Å²) in [6, 6.07) is 0. The number of carbonyl (C=O) groups excluding carboxylic acids is 2. The third kappa shape index (κ3) is 8.60. The fourth-order valence-corrected chi connectivity index (χ4v) is 2.64. The Hall–Kier alpha value is -1.15. The van der Waals surface area contributed by atoms with Crippen molar-refractivity contribution < 1.29 is 27.5 Å². The summed E-state index contributed by atoms with van der Waals surface area (Å²) in [4.78, 5) is 25.0. The number of carbonyl (C=O) groups is 2. The first-order valence-electron chi connectivity index (χ1n) is 9.30. The van der Waals surface area contributed by atoms with E-state index in [1.807, 2.05) is 41.5 Å². The quantitative estimate of drug-likeness (QED) is 0.442. The lowest BCUT2D eigenvalue weighted by molar-refractivity contribution is -0.174. The molecule has 0 fully saturated rings. The van der Waals surface area contributed by atoms with Crippen molar-refractivity contribution in [2.45, 2.75) is 73.8 Å². The van der Waals surface area contributed by atoms with E-state index < -0.39 is 32.9 Å². The number of ether oxygens (including phenoxy) is 2. The summed E-state index contributed by atoms with van der Waals surface area (Å²) in [5, 5.41) is 0. The van der Waals surface area contributed by atoms with Crippen LogP contribution < -0.4 is 4.72 Å². The van der Waals surface area contributed by atoms with Gasteiger partial charge in [0.1, 0.15) is 12.2 Å². The Morgan fingerprint density at radius 2 is 1.59 bits per heavy atom. The Morgan fingerprint density at radius 3 is 2.00 bits per heavy atom. The smallest absolute Gasteiger partial charge is 0.311 e. The van der Waals surface area contributed by atoms with Crippen molar-refractivity contribution in [1.82, 2.24) is 4.72 Å². The van der Waals surface area contributed by atoms with Crippen LogP contribution in [0.15, 0.2) is 0 Å². The topological polar surface area (TPSA) is 98.8 Å². The molecule has 0 saturated heterocycles. The average Bonchev–Trinajstić information content (AvgIpc) is 2.48. The van der Waals surface area contributed by atoms with E-state index in [4.69, 9.17) is 9.47 Å². The molecule has 160 valence electrons. The van der Waals surface area contributed by atoms with Gasteiger partial charge in [-0.2, -0.15) is 0 Å². The molecule has 0 aromatic rings. The summed E-state index contributed by atoms with van der Waals surface area (Å²) in [7, 11) is -3.33. The highest BCUT2D eigenvalue weighted by atomic mass is 32.2. The molecule has 0 aromatic carbocycles. The van der Waals surface area contributed by atoms with Gasteiger partial charge >= 0.3 is 11.9 Å². The van der Waals surface area contributed by atoms with Crippen molar-refractivity contribution in [1.29, 1.82) is 0 Å². The summed E-state index contributed by atoms with van der Waals surface area (Å²) in [5.41, 5.74) is -1.71. The molecule has 0 amide bonds. The zero-order valence-corrected chi connectivity index (χ0v) is 19.1. The van der Waals surface area contributed by atoms with Crippen LogP contribution in [0.5, 0.6) is 0 Å². The molecule has 0 heterocycles. The van der Waals surface area contributed by atoms with Crippen LogP contribution in [0.1, 0.15) is 68.2 Å². The number of nitrogens with one attached hydrogen (secondary N) is 1. The Bertz CT molecular complexity index is 621. The van der Waals surface area contributed by atoms with Crippen LogP contribution >= 0.6 is 0 Å². The summed E-state index contributed by atoms with van der Waals surface area (Å²) in [5.74, 6) is -1.27. The first-order valence-corrected chi connectivity index (χ1v) is 11.2. The zero-order valence-electron chi connectivity index (χ0n) is 18.3. The first kappa shape index (κ1) is 25.9. The van der Waals surface area contributed by atoms with E-state index in [1.165, 1.54) is 0 Å². The molecular formula is C19H37NO6S. The second kappa shape index (κ2) is 9.37. The van der Waals surface area contributed by atoms with E-state index in [-0.39, 0.29) is 24.5 Å². The van der Waals surface area contributed by atoms with Crippen LogP contribution in [0.25, 0.3) is 0 Å². The third-order valence-corrected chi connectivity index (χ3v) is 6.02. The molecule has 1 N–H and O–H groups in total. The van der Waals surface area contributed by atoms with Gasteiger partial charge in [0.25, 0.3) is 0 Å². The molecule has 0 saturated carbocycles. The average molecular weight is 408 g/mol. The van der Waals surface area contributed by atoms with Gasteiger partial charge in [-0.1, -0.05) is 34.6 Å². The van der Waals surface area contributed by atoms with E-state index in [1.54, 1.807) is 13.8 Å². The lowest BCUT2D eigenvalue weighted by Gasteiger charge is -2.39. The van der Waals surface area contributed by atoms with Crippen molar-refractivity contribution in [3.63, 3.8) is 0 Å². The molecular weight excluding hydrogens is 370 g/mol. The standard InChI is InChI=1S/C19H37NO6S/c1-10-19(8,16(22)25-12-11-20-27(9,23)24)13-14(2)15(21)26-18(6,7)17(3,4)5/h14,20H,10-13H2,1-9H3. The molecule has 0 aromatic heterocycles. The predicted octanol–water partition coefficient (Wildman–Crippen LogP) is 2.89. The minimum Gasteiger partial charge on any atom is -0.464 e. The lowest BCUT2D eigenvalue weighted by atomic mass is 9.78. The summed E-state index contributed by atoms with van der Waals surface area (Å²) >= 11 is 0. The van der Waals surface area contributed by atoms with Crippen molar-refractivity contribution in [2.24, 2.45) is 16.7 Å². The van der Waals surface area contributed by atoms with Gasteiger partial charge in [-0.05, 0) is 33.6 Å². The zero-order chi connectivity index (χ0) is 21.7. The van der Waals surface area contributed by atoms with Crippen LogP contribution in [0.2, 0.25) is 0 Å². The van der Waals surface area contributed by atoms with Crippen LogP contribution in [-0.2, 0) is 29.1 Å². The molecule has 8 heteroatoms. The minimum absolute atomic E-state index is 0.0156. The summed E-state index contributed by atoms with van der Waals surface area (Å²) < 4.78 is 35.2. The minimum atomic E-state index is -3.33. The van der Waals surface area contributed by atoms with Crippen molar-refractivity contribution in [3.8, 4) is 0 Å². The normalized spacial score (nSPS) is 16.3. The molecule has 0 aliphatic carbocycles. The maximum atomic E-state index is 12.5. The Labute approximate surface area is 164 Å². The number of hydrogen-bond donors (Lipinski definition) is 1. The van der Waals surface area contributed by atoms with Gasteiger partial charge in [0.05, 0.1) is 17.6 Å². The van der Waals surface area contributed by atoms with E-state index in [2.05, 4.69) is 4.72 Å². The van der Waals surface area contributed by atoms with Crippen LogP contribution in [0.4, 0.5) is 0 Å². The lowest BCUT2D eigenvalue weighted by Crippen LogP contribution is -2.43. The second-order valence-corrected chi connectivity index (χ2v) is 10.8. The molecule has 27 heavy (non-hydrogen) atoms. The molecule has 0 rings (SSSR count). The number of esters is 2. The van der Waals surface area contributed by atoms with Gasteiger partial charge in [0.15, 0.2) is 0 Å². The summed E-state index contributed by atoms with van der Waals surface area (Å²) in [6.45, 7) is 15.1. The van der Waals surface area contributed by atoms with Crippen molar-refractivity contribution in [2.75, 3.05) is 19.4 Å². The van der Waals surface area contributed by atoms with Gasteiger partial charge in [0.2, 0.25) is 10.0 Å². The number of rotatable bonds is 10. The van der Waals surface area contributed by atoms with Crippen LogP contribution in [0, 0.1) is 16.7 Å². The van der Waals surface area contributed by atoms with E-state index in [0.717, 1.165) is 6.26 Å². The molecule has 2 unspecified atom stereocenters. The second-order valence-electron chi connectivity index (χ2n) is 9.00. The SMILES string of the molecule is CCC(C)(CC(C)C(=O)OC(C)(C)C(C)(C)C)C(=O)OCCNS(C)(=O)=O. The molecule has 7 nitrogen and oxygen atoms in total. The molecule has 0 spiro atoms. The molecule has 2 atom stereocenters. The largest absolute Gasteiger partial charge is 0.464 e. The highest BCUT2D eigenvalue weighted by molar-refractivity contribution is 7.88. The van der Waals surface area contributed by atoms with Crippen molar-refractivity contribution in [3.05, 3.63) is 0 Å². The maximum Gasteiger partial charge on any atom is 0.311 e. The highest BCUT2D eigenvalue weighted by Gasteiger charge is 2.40. The van der Waals surface area contributed by atoms with E-state index >= 15 is 0 Å². The molecule has 0 aliphatic heterocycles. The third-order valence-electron chi connectivity index (χ3n) is 5.29. The van der Waals surface area contributed by atoms with Gasteiger partial charge in [-0.15, -0.1) is 0 Å². The van der Waals surface area contributed by atoms with Gasteiger partial charge in [0, 0.05) is 12.0 Å². The van der Waals surface area contributed by atoms with Crippen molar-refractivity contribution >= 4 is 22.0 Å². The molecule has 0 bridgehead atoms. The Balaban J connectivity index is 4.86. The summed E-state index contributed by atoms with van der Waals surface area (Å²) in [6.07, 6.45) is 1.82. The molecule has 0 aliphatic rings. The Kier molecular flexibility index (Phi) is 8.97. The van der Waals surface area contributed by atoms with Crippen LogP contribution in [0.3, 0.4) is 0 Å². The van der Waals surface area contributed by atoms with Gasteiger partial charge in [-0.25, -0.2) is 13.1 Å². The fourth-order valence-electron chi connectivity index (χ4n) is 2.18. The number of sulfonamides is 1. The highest BCUT2D eigenvalue weighted by Crippen LogP contribution is 2.36. The first-order chi connectivity index (χ1) is 12.0. The van der Waals surface area contributed by atoms with Crippen LogP contribution in [-0.4, -0.2) is 45.4 Å². The van der Waals surface area contributed by atoms with E-state index in [0.29, 0.717) is 12.8 Å². The number of hydrogen-bond acceptors (Lipinski definition) is 6.